The Bertz CT molecular complexity index is 1120. The van der Waals surface area contributed by atoms with Crippen LogP contribution in [-0.2, 0) is 14.3 Å². The topological polar surface area (TPSA) is 88.5 Å². The molecule has 2 aliphatic rings. The van der Waals surface area contributed by atoms with Crippen LogP contribution in [0.25, 0.3) is 5.76 Å². The number of unbranched alkanes of at least 4 members (excludes halogenated alkanes) is 2. The van der Waals surface area contributed by atoms with E-state index in [1.807, 2.05) is 24.3 Å². The molecule has 2 heterocycles. The molecule has 38 heavy (non-hydrogen) atoms. The number of likely N-dealkylation sites (tertiary alicyclic amines) is 1. The molecule has 1 N–H and O–H groups in total. The highest BCUT2D eigenvalue weighted by atomic mass is 16.5. The molecule has 2 saturated heterocycles. The molecular weight excluding hydrogens is 484 g/mol. The Morgan fingerprint density at radius 1 is 1.00 bits per heavy atom. The van der Waals surface area contributed by atoms with Crippen molar-refractivity contribution in [3.05, 3.63) is 65.2 Å². The minimum absolute atomic E-state index is 0.0891. The number of aliphatic hydroxyl groups is 1. The maximum absolute atomic E-state index is 13.3. The van der Waals surface area contributed by atoms with Gasteiger partial charge in [-0.15, -0.1) is 0 Å². The summed E-state index contributed by atoms with van der Waals surface area (Å²) in [6.07, 6.45) is 3.93. The minimum atomic E-state index is -0.694. The normalized spacial score (nSPS) is 19.6. The number of benzene rings is 2. The number of ether oxygens (including phenoxy) is 3. The number of hydrogen-bond acceptors (Lipinski definition) is 7. The number of amides is 1. The molecule has 0 bridgehead atoms. The fourth-order valence-corrected chi connectivity index (χ4v) is 4.96. The van der Waals surface area contributed by atoms with Gasteiger partial charge in [-0.3, -0.25) is 14.5 Å². The molecule has 4 rings (SSSR count). The van der Waals surface area contributed by atoms with Crippen LogP contribution < -0.4 is 9.47 Å². The molecule has 0 radical (unpaired) electrons. The molecule has 8 nitrogen and oxygen atoms in total. The molecule has 1 atom stereocenters. The van der Waals surface area contributed by atoms with Crippen LogP contribution in [0.2, 0.25) is 0 Å². The third-order valence-corrected chi connectivity index (χ3v) is 7.07. The van der Waals surface area contributed by atoms with E-state index in [2.05, 4.69) is 11.8 Å². The van der Waals surface area contributed by atoms with E-state index < -0.39 is 17.7 Å². The fourth-order valence-electron chi connectivity index (χ4n) is 4.96. The quantitative estimate of drug-likeness (QED) is 0.191. The largest absolute Gasteiger partial charge is 0.507 e. The Morgan fingerprint density at radius 2 is 1.76 bits per heavy atom. The molecule has 2 aromatic rings. The summed E-state index contributed by atoms with van der Waals surface area (Å²) in [5, 5.41) is 11.3. The van der Waals surface area contributed by atoms with Gasteiger partial charge in [-0.1, -0.05) is 44.0 Å². The molecule has 0 saturated carbocycles. The van der Waals surface area contributed by atoms with Crippen molar-refractivity contribution in [2.45, 2.75) is 38.6 Å². The number of aliphatic hydroxyl groups excluding tert-OH is 1. The Labute approximate surface area is 224 Å². The van der Waals surface area contributed by atoms with Crippen molar-refractivity contribution >= 4 is 17.4 Å². The molecule has 2 aliphatic heterocycles. The van der Waals surface area contributed by atoms with Crippen LogP contribution in [0.4, 0.5) is 0 Å². The molecule has 0 spiro atoms. The second-order valence-corrected chi connectivity index (χ2v) is 9.66. The number of morpholine rings is 1. The Hall–Kier alpha value is -3.36. The number of rotatable bonds is 12. The summed E-state index contributed by atoms with van der Waals surface area (Å²) in [7, 11) is 1.54. The van der Waals surface area contributed by atoms with Gasteiger partial charge in [-0.05, 0) is 42.7 Å². The fraction of sp³-hybridized carbons (Fsp3) is 0.467. The van der Waals surface area contributed by atoms with E-state index in [0.717, 1.165) is 50.2 Å². The number of Topliss-reactive ketones (excluding diaryl/α,β-unsaturated/α-hetero) is 1. The first-order valence-electron chi connectivity index (χ1n) is 13.5. The van der Waals surface area contributed by atoms with Crippen molar-refractivity contribution in [2.24, 2.45) is 0 Å². The van der Waals surface area contributed by atoms with Crippen LogP contribution in [0.5, 0.6) is 11.5 Å². The highest BCUT2D eigenvalue weighted by Gasteiger charge is 2.45. The third kappa shape index (κ3) is 6.55. The van der Waals surface area contributed by atoms with E-state index >= 15 is 0 Å². The van der Waals surface area contributed by atoms with Crippen molar-refractivity contribution < 1.29 is 28.9 Å². The number of carbonyl (C=O) groups is 2. The van der Waals surface area contributed by atoms with Gasteiger partial charge in [0.1, 0.15) is 17.3 Å². The summed E-state index contributed by atoms with van der Waals surface area (Å²) in [6.45, 7) is 7.13. The number of hydrogen-bond donors (Lipinski definition) is 1. The lowest BCUT2D eigenvalue weighted by Gasteiger charge is -2.29. The van der Waals surface area contributed by atoms with Crippen molar-refractivity contribution in [1.82, 2.24) is 9.80 Å². The molecule has 1 amide bonds. The molecule has 2 fully saturated rings. The monoisotopic (exact) mass is 522 g/mol. The highest BCUT2D eigenvalue weighted by Crippen LogP contribution is 2.40. The summed E-state index contributed by atoms with van der Waals surface area (Å²) >= 11 is 0. The van der Waals surface area contributed by atoms with Gasteiger partial charge < -0.3 is 24.2 Å². The minimum Gasteiger partial charge on any atom is -0.507 e. The van der Waals surface area contributed by atoms with E-state index in [-0.39, 0.29) is 11.3 Å². The number of carbonyl (C=O) groups excluding carboxylic acids is 2. The van der Waals surface area contributed by atoms with Gasteiger partial charge in [0.25, 0.3) is 11.7 Å². The molecule has 0 aromatic heterocycles. The smallest absolute Gasteiger partial charge is 0.295 e. The number of ketones is 1. The van der Waals surface area contributed by atoms with Gasteiger partial charge in [0, 0.05) is 31.7 Å². The number of nitrogens with zero attached hydrogens (tertiary/aromatic N) is 2. The van der Waals surface area contributed by atoms with E-state index in [1.54, 1.807) is 36.3 Å². The lowest BCUT2D eigenvalue weighted by Crippen LogP contribution is -2.38. The lowest BCUT2D eigenvalue weighted by molar-refractivity contribution is -0.140. The zero-order valence-corrected chi connectivity index (χ0v) is 22.4. The van der Waals surface area contributed by atoms with Crippen LogP contribution in [0, 0.1) is 0 Å². The molecule has 0 aliphatic carbocycles. The lowest BCUT2D eigenvalue weighted by atomic mass is 9.95. The summed E-state index contributed by atoms with van der Waals surface area (Å²) < 4.78 is 16.6. The predicted octanol–water partition coefficient (Wildman–Crippen LogP) is 4.41. The van der Waals surface area contributed by atoms with Crippen LogP contribution in [0.1, 0.15) is 49.8 Å². The summed E-state index contributed by atoms with van der Waals surface area (Å²) in [5.41, 5.74) is 1.27. The van der Waals surface area contributed by atoms with Gasteiger partial charge >= 0.3 is 0 Å². The summed E-state index contributed by atoms with van der Waals surface area (Å²) in [5.74, 6) is -0.192. The van der Waals surface area contributed by atoms with E-state index in [1.165, 1.54) is 0 Å². The number of methoxy groups -OCH3 is 1. The van der Waals surface area contributed by atoms with Crippen LogP contribution in [0.15, 0.2) is 54.1 Å². The maximum atomic E-state index is 13.3. The predicted molar refractivity (Wildman–Crippen MR) is 145 cm³/mol. The molecule has 2 aromatic carbocycles. The molecule has 1 unspecified atom stereocenters. The first-order chi connectivity index (χ1) is 18.5. The van der Waals surface area contributed by atoms with Gasteiger partial charge in [-0.2, -0.15) is 0 Å². The van der Waals surface area contributed by atoms with Crippen molar-refractivity contribution in [2.75, 3.05) is 53.1 Å². The first kappa shape index (κ1) is 27.7. The zero-order chi connectivity index (χ0) is 26.9. The molecular formula is C30H38N2O6. The van der Waals surface area contributed by atoms with Crippen LogP contribution in [0.3, 0.4) is 0 Å². The van der Waals surface area contributed by atoms with E-state index in [0.29, 0.717) is 44.1 Å². The highest BCUT2D eigenvalue weighted by molar-refractivity contribution is 6.46. The Morgan fingerprint density at radius 3 is 2.47 bits per heavy atom. The molecule has 8 heteroatoms. The Kier molecular flexibility index (Phi) is 9.79. The van der Waals surface area contributed by atoms with Gasteiger partial charge in [-0.25, -0.2) is 0 Å². The standard InChI is InChI=1S/C30H38N2O6/c1-3-4-5-18-38-24-12-10-22(11-13-24)27-26(28(33)23-8-6-9-25(21-23)36-2)29(34)30(35)32(27)15-7-14-31-16-19-37-20-17-31/h6,8-13,21,27,33H,3-5,7,14-20H2,1-2H3. The summed E-state index contributed by atoms with van der Waals surface area (Å²) in [6, 6.07) is 13.6. The van der Waals surface area contributed by atoms with E-state index in [9.17, 15) is 14.7 Å². The Balaban J connectivity index is 1.62. The van der Waals surface area contributed by atoms with Crippen LogP contribution >= 0.6 is 0 Å². The first-order valence-corrected chi connectivity index (χ1v) is 13.5. The van der Waals surface area contributed by atoms with Gasteiger partial charge in [0.15, 0.2) is 0 Å². The van der Waals surface area contributed by atoms with E-state index in [4.69, 9.17) is 14.2 Å². The van der Waals surface area contributed by atoms with Crippen molar-refractivity contribution in [3.63, 3.8) is 0 Å². The average Bonchev–Trinajstić information content (AvgIpc) is 3.21. The second kappa shape index (κ2) is 13.4. The summed E-state index contributed by atoms with van der Waals surface area (Å²) in [4.78, 5) is 30.5. The van der Waals surface area contributed by atoms with Crippen molar-refractivity contribution in [3.8, 4) is 11.5 Å². The van der Waals surface area contributed by atoms with Gasteiger partial charge in [0.05, 0.1) is 38.5 Å². The SMILES string of the molecule is CCCCCOc1ccc(C2C(=C(O)c3cccc(OC)c3)C(=O)C(=O)N2CCCN2CCOCC2)cc1. The maximum Gasteiger partial charge on any atom is 0.295 e. The third-order valence-electron chi connectivity index (χ3n) is 7.07. The molecule has 204 valence electrons. The van der Waals surface area contributed by atoms with Crippen LogP contribution in [-0.4, -0.2) is 79.7 Å². The van der Waals surface area contributed by atoms with Gasteiger partial charge in [0.2, 0.25) is 0 Å². The zero-order valence-electron chi connectivity index (χ0n) is 22.4. The van der Waals surface area contributed by atoms with Crippen molar-refractivity contribution in [1.29, 1.82) is 0 Å². The second-order valence-electron chi connectivity index (χ2n) is 9.66. The average molecular weight is 523 g/mol.